The molecule has 1 rings (SSSR count). The minimum Gasteiger partial charge on any atom is -0.355 e. The van der Waals surface area contributed by atoms with Gasteiger partial charge in [-0.1, -0.05) is 6.92 Å². The van der Waals surface area contributed by atoms with Crippen LogP contribution in [0.25, 0.3) is 0 Å². The van der Waals surface area contributed by atoms with E-state index in [9.17, 15) is 4.79 Å². The van der Waals surface area contributed by atoms with Crippen molar-refractivity contribution < 1.29 is 4.79 Å². The second kappa shape index (κ2) is 6.24. The van der Waals surface area contributed by atoms with Gasteiger partial charge in [0.15, 0.2) is 0 Å². The number of hydrogen-bond acceptors (Lipinski definition) is 2. The van der Waals surface area contributed by atoms with Crippen molar-refractivity contribution in [3.05, 3.63) is 24.0 Å². The summed E-state index contributed by atoms with van der Waals surface area (Å²) in [6.07, 6.45) is 1.93. The molecule has 0 spiro atoms. The Hall–Kier alpha value is -1.29. The Morgan fingerprint density at radius 3 is 2.87 bits per heavy atom. The van der Waals surface area contributed by atoms with Crippen molar-refractivity contribution in [3.8, 4) is 0 Å². The molecule has 1 heterocycles. The molecular formula is C11H19N3O. The first-order valence-electron chi connectivity index (χ1n) is 5.39. The molecule has 1 amide bonds. The highest BCUT2D eigenvalue weighted by Gasteiger charge is 2.04. The highest BCUT2D eigenvalue weighted by molar-refractivity contribution is 5.75. The van der Waals surface area contributed by atoms with Gasteiger partial charge in [-0.3, -0.25) is 4.79 Å². The van der Waals surface area contributed by atoms with Gasteiger partial charge in [-0.25, -0.2) is 0 Å². The summed E-state index contributed by atoms with van der Waals surface area (Å²) >= 11 is 0. The second-order valence-corrected chi connectivity index (χ2v) is 3.36. The molecule has 4 nitrogen and oxygen atoms in total. The van der Waals surface area contributed by atoms with Gasteiger partial charge in [0.1, 0.15) is 6.54 Å². The van der Waals surface area contributed by atoms with E-state index >= 15 is 0 Å². The molecule has 15 heavy (non-hydrogen) atoms. The van der Waals surface area contributed by atoms with E-state index in [1.807, 2.05) is 29.8 Å². The van der Waals surface area contributed by atoms with Crippen LogP contribution in [0.1, 0.15) is 19.5 Å². The quantitative estimate of drug-likeness (QED) is 0.725. The van der Waals surface area contributed by atoms with Crippen LogP contribution < -0.4 is 10.6 Å². The van der Waals surface area contributed by atoms with E-state index in [-0.39, 0.29) is 5.91 Å². The van der Waals surface area contributed by atoms with Crippen molar-refractivity contribution in [1.82, 2.24) is 15.2 Å². The Morgan fingerprint density at radius 1 is 1.40 bits per heavy atom. The fourth-order valence-corrected chi connectivity index (χ4v) is 1.43. The summed E-state index contributed by atoms with van der Waals surface area (Å²) in [7, 11) is 0. The van der Waals surface area contributed by atoms with Gasteiger partial charge in [0.2, 0.25) is 5.91 Å². The summed E-state index contributed by atoms with van der Waals surface area (Å²) in [5.41, 5.74) is 1.14. The number of nitrogens with zero attached hydrogens (tertiary/aromatic N) is 1. The summed E-state index contributed by atoms with van der Waals surface area (Å²) in [4.78, 5) is 11.4. The lowest BCUT2D eigenvalue weighted by atomic mass is 10.4. The average Bonchev–Trinajstić information content (AvgIpc) is 2.63. The molecular weight excluding hydrogens is 190 g/mol. The Kier molecular flexibility index (Phi) is 4.90. The monoisotopic (exact) mass is 209 g/mol. The molecule has 1 aromatic rings. The first kappa shape index (κ1) is 11.8. The first-order chi connectivity index (χ1) is 7.27. The van der Waals surface area contributed by atoms with Crippen LogP contribution in [0.5, 0.6) is 0 Å². The number of likely N-dealkylation sites (N-methyl/N-ethyl adjacent to an activating group) is 1. The molecule has 2 N–H and O–H groups in total. The molecule has 84 valence electrons. The lowest BCUT2D eigenvalue weighted by Gasteiger charge is -2.09. The van der Waals surface area contributed by atoms with Gasteiger partial charge >= 0.3 is 0 Å². The lowest BCUT2D eigenvalue weighted by Crippen LogP contribution is -2.28. The zero-order chi connectivity index (χ0) is 11.1. The summed E-state index contributed by atoms with van der Waals surface area (Å²) in [6, 6.07) is 3.99. The maximum Gasteiger partial charge on any atom is 0.239 e. The van der Waals surface area contributed by atoms with Gasteiger partial charge in [-0.05, 0) is 25.6 Å². The third-order valence-corrected chi connectivity index (χ3v) is 2.17. The summed E-state index contributed by atoms with van der Waals surface area (Å²) in [5, 5.41) is 6.03. The van der Waals surface area contributed by atoms with Crippen molar-refractivity contribution in [2.24, 2.45) is 0 Å². The third kappa shape index (κ3) is 3.75. The fourth-order valence-electron chi connectivity index (χ4n) is 1.43. The highest BCUT2D eigenvalue weighted by atomic mass is 16.1. The summed E-state index contributed by atoms with van der Waals surface area (Å²) < 4.78 is 1.97. The average molecular weight is 209 g/mol. The Bertz CT molecular complexity index is 307. The smallest absolute Gasteiger partial charge is 0.239 e. The fraction of sp³-hybridized carbons (Fsp3) is 0.545. The number of carbonyl (C=O) groups is 1. The third-order valence-electron chi connectivity index (χ3n) is 2.17. The van der Waals surface area contributed by atoms with Gasteiger partial charge in [0, 0.05) is 25.0 Å². The second-order valence-electron chi connectivity index (χ2n) is 3.36. The van der Waals surface area contributed by atoms with E-state index < -0.39 is 0 Å². The van der Waals surface area contributed by atoms with E-state index in [1.54, 1.807) is 0 Å². The molecule has 0 unspecified atom stereocenters. The maximum absolute atomic E-state index is 11.4. The van der Waals surface area contributed by atoms with Crippen LogP contribution in [-0.4, -0.2) is 23.6 Å². The summed E-state index contributed by atoms with van der Waals surface area (Å²) in [5.74, 6) is 0.0615. The number of hydrogen-bond donors (Lipinski definition) is 2. The van der Waals surface area contributed by atoms with E-state index in [1.165, 1.54) is 0 Å². The SMILES string of the molecule is CCNCc1cccn1CC(=O)NCC. The van der Waals surface area contributed by atoms with Crippen LogP contribution in [0.15, 0.2) is 18.3 Å². The molecule has 0 bridgehead atoms. The number of amides is 1. The van der Waals surface area contributed by atoms with Gasteiger partial charge in [-0.2, -0.15) is 0 Å². The standard InChI is InChI=1S/C11H19N3O/c1-3-12-8-10-6-5-7-14(10)9-11(15)13-4-2/h5-7,12H,3-4,8-9H2,1-2H3,(H,13,15). The summed E-state index contributed by atoms with van der Waals surface area (Å²) in [6.45, 7) is 6.82. The molecule has 0 fully saturated rings. The highest BCUT2D eigenvalue weighted by Crippen LogP contribution is 2.01. The van der Waals surface area contributed by atoms with E-state index in [0.29, 0.717) is 13.1 Å². The van der Waals surface area contributed by atoms with Gasteiger partial charge in [0.25, 0.3) is 0 Å². The van der Waals surface area contributed by atoms with Crippen LogP contribution in [0.4, 0.5) is 0 Å². The minimum atomic E-state index is 0.0615. The van der Waals surface area contributed by atoms with Crippen molar-refractivity contribution in [2.75, 3.05) is 13.1 Å². The number of carbonyl (C=O) groups excluding carboxylic acids is 1. The molecule has 0 aliphatic heterocycles. The van der Waals surface area contributed by atoms with Gasteiger partial charge < -0.3 is 15.2 Å². The molecule has 0 radical (unpaired) electrons. The van der Waals surface area contributed by atoms with Crippen LogP contribution in [0.3, 0.4) is 0 Å². The molecule has 0 aliphatic carbocycles. The van der Waals surface area contributed by atoms with Crippen molar-refractivity contribution >= 4 is 5.91 Å². The van der Waals surface area contributed by atoms with Crippen molar-refractivity contribution in [2.45, 2.75) is 26.9 Å². The first-order valence-corrected chi connectivity index (χ1v) is 5.39. The normalized spacial score (nSPS) is 10.3. The topological polar surface area (TPSA) is 46.1 Å². The Balaban J connectivity index is 2.52. The molecule has 0 atom stereocenters. The van der Waals surface area contributed by atoms with Gasteiger partial charge in [-0.15, -0.1) is 0 Å². The predicted molar refractivity (Wildman–Crippen MR) is 60.5 cm³/mol. The minimum absolute atomic E-state index is 0.0615. The van der Waals surface area contributed by atoms with Gasteiger partial charge in [0.05, 0.1) is 0 Å². The number of rotatable bonds is 6. The van der Waals surface area contributed by atoms with Crippen LogP contribution in [-0.2, 0) is 17.9 Å². The maximum atomic E-state index is 11.4. The zero-order valence-corrected chi connectivity index (χ0v) is 9.42. The van der Waals surface area contributed by atoms with E-state index in [2.05, 4.69) is 17.6 Å². The predicted octanol–water partition coefficient (Wildman–Crippen LogP) is 0.734. The lowest BCUT2D eigenvalue weighted by molar-refractivity contribution is -0.121. The van der Waals surface area contributed by atoms with E-state index in [4.69, 9.17) is 0 Å². The molecule has 0 aromatic carbocycles. The van der Waals surface area contributed by atoms with Crippen molar-refractivity contribution in [3.63, 3.8) is 0 Å². The van der Waals surface area contributed by atoms with Crippen molar-refractivity contribution in [1.29, 1.82) is 0 Å². The Morgan fingerprint density at radius 2 is 2.20 bits per heavy atom. The molecule has 0 saturated carbocycles. The number of aromatic nitrogens is 1. The molecule has 0 aliphatic rings. The molecule has 1 aromatic heterocycles. The Labute approximate surface area is 90.7 Å². The number of nitrogens with one attached hydrogen (secondary N) is 2. The molecule has 0 saturated heterocycles. The molecule has 4 heteroatoms. The zero-order valence-electron chi connectivity index (χ0n) is 9.42. The largest absolute Gasteiger partial charge is 0.355 e. The van der Waals surface area contributed by atoms with Crippen LogP contribution in [0, 0.1) is 0 Å². The van der Waals surface area contributed by atoms with Crippen LogP contribution >= 0.6 is 0 Å². The van der Waals surface area contributed by atoms with E-state index in [0.717, 1.165) is 18.8 Å². The van der Waals surface area contributed by atoms with Crippen LogP contribution in [0.2, 0.25) is 0 Å².